The number of nitrogens with zero attached hydrogens (tertiary/aromatic N) is 3. The number of fused-ring (bicyclic) bond motifs is 6. The first-order chi connectivity index (χ1) is 30.2. The van der Waals surface area contributed by atoms with E-state index in [0.29, 0.717) is 0 Å². The van der Waals surface area contributed by atoms with E-state index in [-0.39, 0.29) is 0 Å². The highest BCUT2D eigenvalue weighted by Crippen LogP contribution is 2.48. The summed E-state index contributed by atoms with van der Waals surface area (Å²) in [4.78, 5) is 4.84. The maximum Gasteiger partial charge on any atom is 0.0568 e. The van der Waals surface area contributed by atoms with Crippen molar-refractivity contribution in [2.24, 2.45) is 0 Å². The lowest BCUT2D eigenvalue weighted by molar-refractivity contribution is 1.17. The zero-order chi connectivity index (χ0) is 40.0. The summed E-state index contributed by atoms with van der Waals surface area (Å²) >= 11 is 3.72. The summed E-state index contributed by atoms with van der Waals surface area (Å²) in [6.07, 6.45) is 0. The van der Waals surface area contributed by atoms with Gasteiger partial charge in [-0.1, -0.05) is 115 Å². The number of para-hydroxylation sites is 3. The molecule has 0 unspecified atom stereocenters. The Morgan fingerprint density at radius 1 is 0.295 bits per heavy atom. The van der Waals surface area contributed by atoms with Crippen LogP contribution in [0.3, 0.4) is 0 Å². The Morgan fingerprint density at radius 3 is 1.18 bits per heavy atom. The fraction of sp³-hybridized carbons (Fsp3) is 0. The first-order valence-electron chi connectivity index (χ1n) is 20.7. The van der Waals surface area contributed by atoms with Gasteiger partial charge in [-0.25, -0.2) is 0 Å². The highest BCUT2D eigenvalue weighted by atomic mass is 32.1. The van der Waals surface area contributed by atoms with Gasteiger partial charge in [-0.2, -0.15) is 0 Å². The summed E-state index contributed by atoms with van der Waals surface area (Å²) < 4.78 is 7.67. The molecule has 5 heteroatoms. The molecule has 0 aliphatic carbocycles. The molecule has 0 aliphatic heterocycles. The Balaban J connectivity index is 1.06. The molecule has 3 nitrogen and oxygen atoms in total. The molecule has 0 atom stereocenters. The lowest BCUT2D eigenvalue weighted by Gasteiger charge is -2.26. The summed E-state index contributed by atoms with van der Waals surface area (Å²) in [7, 11) is 0. The Hall–Kier alpha value is -7.44. The smallest absolute Gasteiger partial charge is 0.0568 e. The van der Waals surface area contributed by atoms with Gasteiger partial charge in [-0.15, -0.1) is 22.7 Å². The molecular formula is C56H35N3S2. The molecule has 61 heavy (non-hydrogen) atoms. The molecule has 0 saturated carbocycles. The van der Waals surface area contributed by atoms with Crippen molar-refractivity contribution in [1.82, 2.24) is 4.57 Å². The lowest BCUT2D eigenvalue weighted by Crippen LogP contribution is -2.10. The summed E-state index contributed by atoms with van der Waals surface area (Å²) in [5, 5.41) is 10.2. The average molecular weight is 814 g/mol. The van der Waals surface area contributed by atoms with Gasteiger partial charge in [-0.3, -0.25) is 0 Å². The minimum atomic E-state index is 1.12. The molecule has 13 aromatic rings. The number of hydrogen-bond acceptors (Lipinski definition) is 4. The van der Waals surface area contributed by atoms with Crippen molar-refractivity contribution in [2.45, 2.75) is 0 Å². The van der Waals surface area contributed by atoms with Crippen LogP contribution in [0.5, 0.6) is 0 Å². The number of rotatable bonds is 7. The van der Waals surface area contributed by atoms with Gasteiger partial charge < -0.3 is 14.4 Å². The quantitative estimate of drug-likeness (QED) is 0.149. The monoisotopic (exact) mass is 813 g/mol. The number of anilines is 6. The second kappa shape index (κ2) is 13.5. The molecule has 286 valence electrons. The van der Waals surface area contributed by atoms with Gasteiger partial charge in [0, 0.05) is 90.9 Å². The maximum atomic E-state index is 2.48. The van der Waals surface area contributed by atoms with E-state index in [9.17, 15) is 0 Å². The van der Waals surface area contributed by atoms with Crippen molar-refractivity contribution < 1.29 is 0 Å². The van der Waals surface area contributed by atoms with Crippen LogP contribution >= 0.6 is 22.7 Å². The predicted molar refractivity (Wildman–Crippen MR) is 265 cm³/mol. The standard InChI is InChI=1S/C56H35N3S2/c1-4-14-38(15-5-1)57(41-26-28-47-45-20-10-12-22-51(45)60-53(47)34-41)43-30-36-24-25-37-31-44(33-50-56(37)55(36)49(32-43)59(50)40-18-8-3-9-19-40)58(39-16-6-2-7-17-39)42-27-29-48-46-21-11-13-23-52(46)61-54(48)35-42/h1-35H. The SMILES string of the molecule is c1ccc(N(c2ccc3c(c2)sc2ccccc23)c2cc3ccc4cc(N(c5ccccc5)c5ccc6c(c5)sc5ccccc56)cc5c4c3c(c2)n5-c2ccccc2)cc1. The molecule has 0 bridgehead atoms. The second-order valence-electron chi connectivity index (χ2n) is 15.8. The minimum Gasteiger partial charge on any atom is -0.310 e. The van der Waals surface area contributed by atoms with Gasteiger partial charge in [0.2, 0.25) is 0 Å². The van der Waals surface area contributed by atoms with Crippen LogP contribution in [-0.2, 0) is 0 Å². The average Bonchev–Trinajstić information content (AvgIpc) is 3.99. The molecular weight excluding hydrogens is 779 g/mol. The molecule has 13 rings (SSSR count). The fourth-order valence-corrected chi connectivity index (χ4v) is 11.9. The molecule has 0 radical (unpaired) electrons. The van der Waals surface area contributed by atoms with Crippen LogP contribution < -0.4 is 9.80 Å². The van der Waals surface area contributed by atoms with Gasteiger partial charge >= 0.3 is 0 Å². The van der Waals surface area contributed by atoms with Crippen molar-refractivity contribution in [3.05, 3.63) is 212 Å². The number of aromatic nitrogens is 1. The molecule has 0 N–H and O–H groups in total. The Kier molecular flexibility index (Phi) is 7.65. The Bertz CT molecular complexity index is 3540. The third-order valence-corrected chi connectivity index (χ3v) is 14.5. The molecule has 3 heterocycles. The Labute approximate surface area is 360 Å². The van der Waals surface area contributed by atoms with E-state index >= 15 is 0 Å². The third-order valence-electron chi connectivity index (χ3n) is 12.2. The Morgan fingerprint density at radius 2 is 0.705 bits per heavy atom. The predicted octanol–water partition coefficient (Wildman–Crippen LogP) is 17.1. The van der Waals surface area contributed by atoms with Crippen LogP contribution in [0.4, 0.5) is 34.1 Å². The first kappa shape index (κ1) is 34.4. The van der Waals surface area contributed by atoms with E-state index in [1.807, 2.05) is 22.7 Å². The van der Waals surface area contributed by atoms with Gasteiger partial charge in [0.15, 0.2) is 0 Å². The summed E-state index contributed by atoms with van der Waals surface area (Å²) in [5.41, 5.74) is 10.2. The lowest BCUT2D eigenvalue weighted by atomic mass is 10.00. The van der Waals surface area contributed by atoms with E-state index in [2.05, 4.69) is 227 Å². The minimum absolute atomic E-state index is 1.12. The van der Waals surface area contributed by atoms with Crippen LogP contribution in [0, 0.1) is 0 Å². The van der Waals surface area contributed by atoms with Gasteiger partial charge in [0.1, 0.15) is 0 Å². The third kappa shape index (κ3) is 5.41. The molecule has 0 amide bonds. The van der Waals surface area contributed by atoms with Crippen molar-refractivity contribution >= 4 is 130 Å². The second-order valence-corrected chi connectivity index (χ2v) is 17.9. The molecule has 0 aliphatic rings. The number of thiophene rings is 2. The van der Waals surface area contributed by atoms with Gasteiger partial charge in [-0.05, 0) is 108 Å². The van der Waals surface area contributed by atoms with E-state index in [1.54, 1.807) is 0 Å². The number of benzene rings is 10. The maximum absolute atomic E-state index is 2.48. The van der Waals surface area contributed by atoms with Crippen molar-refractivity contribution in [2.75, 3.05) is 9.80 Å². The van der Waals surface area contributed by atoms with Crippen LogP contribution in [0.25, 0.3) is 78.6 Å². The largest absolute Gasteiger partial charge is 0.310 e. The van der Waals surface area contributed by atoms with Crippen LogP contribution in [0.1, 0.15) is 0 Å². The topological polar surface area (TPSA) is 11.4 Å². The van der Waals surface area contributed by atoms with Crippen LogP contribution in [-0.4, -0.2) is 4.57 Å². The van der Waals surface area contributed by atoms with Crippen molar-refractivity contribution in [3.8, 4) is 5.69 Å². The molecule has 0 fully saturated rings. The normalized spacial score (nSPS) is 11.9. The zero-order valence-corrected chi connectivity index (χ0v) is 34.5. The van der Waals surface area contributed by atoms with E-state index in [4.69, 9.17) is 0 Å². The van der Waals surface area contributed by atoms with Gasteiger partial charge in [0.05, 0.1) is 11.0 Å². The van der Waals surface area contributed by atoms with Gasteiger partial charge in [0.25, 0.3) is 0 Å². The molecule has 10 aromatic carbocycles. The first-order valence-corrected chi connectivity index (χ1v) is 22.3. The zero-order valence-electron chi connectivity index (χ0n) is 32.9. The summed E-state index contributed by atoms with van der Waals surface area (Å²) in [5.74, 6) is 0. The number of hydrogen-bond donors (Lipinski definition) is 0. The van der Waals surface area contributed by atoms with Crippen molar-refractivity contribution in [3.63, 3.8) is 0 Å². The summed E-state index contributed by atoms with van der Waals surface area (Å²) in [6.45, 7) is 0. The highest BCUT2D eigenvalue weighted by Gasteiger charge is 2.24. The molecule has 0 spiro atoms. The summed E-state index contributed by atoms with van der Waals surface area (Å²) in [6, 6.07) is 78.0. The van der Waals surface area contributed by atoms with E-state index in [0.717, 1.165) is 39.8 Å². The van der Waals surface area contributed by atoms with Crippen LogP contribution in [0.15, 0.2) is 212 Å². The fourth-order valence-electron chi connectivity index (χ4n) is 9.61. The van der Waals surface area contributed by atoms with E-state index in [1.165, 1.54) is 72.9 Å². The van der Waals surface area contributed by atoms with E-state index < -0.39 is 0 Å². The van der Waals surface area contributed by atoms with Crippen LogP contribution in [0.2, 0.25) is 0 Å². The van der Waals surface area contributed by atoms with Crippen molar-refractivity contribution in [1.29, 1.82) is 0 Å². The highest BCUT2D eigenvalue weighted by molar-refractivity contribution is 7.26. The molecule has 3 aromatic heterocycles. The molecule has 0 saturated heterocycles.